The lowest BCUT2D eigenvalue weighted by Gasteiger charge is -2.24. The number of benzene rings is 3. The third kappa shape index (κ3) is 6.80. The van der Waals surface area contributed by atoms with Crippen LogP contribution in [-0.4, -0.2) is 0 Å². The predicted molar refractivity (Wildman–Crippen MR) is 171 cm³/mol. The Balaban J connectivity index is 2.32. The number of rotatable bonds is 14. The van der Waals surface area contributed by atoms with Gasteiger partial charge in [0, 0.05) is 0 Å². The molecule has 38 heavy (non-hydrogen) atoms. The molecule has 0 nitrogen and oxygen atoms in total. The fourth-order valence-corrected chi connectivity index (χ4v) is 6.32. The summed E-state index contributed by atoms with van der Waals surface area (Å²) in [6.45, 7) is 18.7. The highest BCUT2D eigenvalue weighted by atomic mass is 14.2. The highest BCUT2D eigenvalue weighted by Gasteiger charge is 2.20. The minimum atomic E-state index is 0.609. The van der Waals surface area contributed by atoms with E-state index in [9.17, 15) is 0 Å². The quantitative estimate of drug-likeness (QED) is 0.202. The maximum absolute atomic E-state index is 2.54. The van der Waals surface area contributed by atoms with Crippen LogP contribution in [0.15, 0.2) is 42.5 Å². The number of hydrogen-bond acceptors (Lipinski definition) is 0. The van der Waals surface area contributed by atoms with E-state index in [-0.39, 0.29) is 0 Å². The summed E-state index contributed by atoms with van der Waals surface area (Å²) in [4.78, 5) is 0. The topological polar surface area (TPSA) is 0 Å². The third-order valence-electron chi connectivity index (χ3n) is 8.36. The molecule has 206 valence electrons. The van der Waals surface area contributed by atoms with Crippen molar-refractivity contribution in [3.05, 3.63) is 81.4 Å². The van der Waals surface area contributed by atoms with Crippen LogP contribution in [0, 0.1) is 6.92 Å². The molecule has 0 heterocycles. The van der Waals surface area contributed by atoms with Crippen LogP contribution in [-0.2, 0) is 32.1 Å². The molecule has 0 saturated carbocycles. The van der Waals surface area contributed by atoms with Gasteiger partial charge < -0.3 is 0 Å². The smallest absolute Gasteiger partial charge is 0.0117 e. The maximum atomic E-state index is 2.54. The Kier molecular flexibility index (Phi) is 11.7. The van der Waals surface area contributed by atoms with Gasteiger partial charge >= 0.3 is 0 Å². The standard InChI is InChI=1S/C38H54/c1-9-16-29-23-30(17-10-2)37(31(24-29)18-11-3)35-21-15-22-36(28(35)8)38-32(19-12-4)25-34(27(7)14-6)26-33(38)20-13-5/h15,21-27H,9-14,16-20H2,1-8H3. The summed E-state index contributed by atoms with van der Waals surface area (Å²) in [5.74, 6) is 0.609. The molecule has 0 bridgehead atoms. The van der Waals surface area contributed by atoms with Gasteiger partial charge in [-0.05, 0) is 113 Å². The van der Waals surface area contributed by atoms with E-state index in [1.807, 2.05) is 0 Å². The molecular weight excluding hydrogens is 456 g/mol. The van der Waals surface area contributed by atoms with Crippen molar-refractivity contribution < 1.29 is 0 Å². The first-order chi connectivity index (χ1) is 18.4. The molecule has 0 saturated heterocycles. The van der Waals surface area contributed by atoms with E-state index in [1.54, 1.807) is 22.3 Å². The average Bonchev–Trinajstić information content (AvgIpc) is 2.90. The zero-order valence-corrected chi connectivity index (χ0v) is 25.9. The molecule has 0 aliphatic heterocycles. The Morgan fingerprint density at radius 1 is 0.553 bits per heavy atom. The molecule has 0 N–H and O–H groups in total. The molecular formula is C38H54. The van der Waals surface area contributed by atoms with Gasteiger partial charge in [-0.2, -0.15) is 0 Å². The van der Waals surface area contributed by atoms with Gasteiger partial charge in [0.25, 0.3) is 0 Å². The molecule has 0 aliphatic rings. The number of hydrogen-bond donors (Lipinski definition) is 0. The van der Waals surface area contributed by atoms with Crippen molar-refractivity contribution in [3.8, 4) is 22.3 Å². The van der Waals surface area contributed by atoms with Gasteiger partial charge in [0.05, 0.1) is 0 Å². The third-order valence-corrected chi connectivity index (χ3v) is 8.36. The first-order valence-corrected chi connectivity index (χ1v) is 15.8. The largest absolute Gasteiger partial charge is 0.0651 e. The molecule has 1 unspecified atom stereocenters. The first-order valence-electron chi connectivity index (χ1n) is 15.8. The van der Waals surface area contributed by atoms with Gasteiger partial charge in [-0.15, -0.1) is 0 Å². The minimum Gasteiger partial charge on any atom is -0.0651 e. The van der Waals surface area contributed by atoms with Gasteiger partial charge in [-0.25, -0.2) is 0 Å². The molecule has 0 heteroatoms. The summed E-state index contributed by atoms with van der Waals surface area (Å²) in [7, 11) is 0. The highest BCUT2D eigenvalue weighted by Crippen LogP contribution is 2.41. The molecule has 0 spiro atoms. The van der Waals surface area contributed by atoms with Crippen molar-refractivity contribution in [2.24, 2.45) is 0 Å². The summed E-state index contributed by atoms with van der Waals surface area (Å²) >= 11 is 0. The SMILES string of the molecule is CCCc1cc(CCC)c(-c2cccc(-c3c(CCC)cc(C(C)CC)cc3CCC)c2C)c(CCC)c1. The second kappa shape index (κ2) is 14.7. The van der Waals surface area contributed by atoms with E-state index in [2.05, 4.69) is 97.9 Å². The predicted octanol–water partition coefficient (Wildman–Crippen LogP) is 11.6. The Hall–Kier alpha value is -2.34. The van der Waals surface area contributed by atoms with Crippen LogP contribution in [0.25, 0.3) is 22.3 Å². The molecule has 3 aromatic carbocycles. The van der Waals surface area contributed by atoms with E-state index in [0.717, 1.165) is 25.7 Å². The zero-order chi connectivity index (χ0) is 27.7. The fourth-order valence-electron chi connectivity index (χ4n) is 6.32. The van der Waals surface area contributed by atoms with Crippen LogP contribution in [0.1, 0.15) is 132 Å². The lowest BCUT2D eigenvalue weighted by molar-refractivity contribution is 0.728. The molecule has 0 aromatic heterocycles. The van der Waals surface area contributed by atoms with Crippen molar-refractivity contribution in [1.29, 1.82) is 0 Å². The molecule has 0 radical (unpaired) electrons. The Morgan fingerprint density at radius 2 is 0.947 bits per heavy atom. The van der Waals surface area contributed by atoms with Gasteiger partial charge in [0.15, 0.2) is 0 Å². The maximum Gasteiger partial charge on any atom is -0.0117 e. The fraction of sp³-hybridized carbons (Fsp3) is 0.526. The summed E-state index contributed by atoms with van der Waals surface area (Å²) in [6.07, 6.45) is 12.9. The van der Waals surface area contributed by atoms with Crippen LogP contribution in [0.5, 0.6) is 0 Å². The summed E-state index contributed by atoms with van der Waals surface area (Å²) in [5.41, 5.74) is 16.7. The lowest BCUT2D eigenvalue weighted by atomic mass is 9.81. The van der Waals surface area contributed by atoms with Gasteiger partial charge in [-0.1, -0.05) is 123 Å². The Bertz CT molecular complexity index is 1120. The van der Waals surface area contributed by atoms with Gasteiger partial charge in [-0.3, -0.25) is 0 Å². The van der Waals surface area contributed by atoms with Crippen molar-refractivity contribution in [2.45, 2.75) is 132 Å². The van der Waals surface area contributed by atoms with Crippen LogP contribution in [0.4, 0.5) is 0 Å². The summed E-state index contributed by atoms with van der Waals surface area (Å²) < 4.78 is 0. The molecule has 0 fully saturated rings. The van der Waals surface area contributed by atoms with Crippen molar-refractivity contribution >= 4 is 0 Å². The molecule has 3 rings (SSSR count). The molecule has 0 amide bonds. The second-order valence-corrected chi connectivity index (χ2v) is 11.5. The van der Waals surface area contributed by atoms with E-state index >= 15 is 0 Å². The van der Waals surface area contributed by atoms with Crippen LogP contribution < -0.4 is 0 Å². The Morgan fingerprint density at radius 3 is 1.32 bits per heavy atom. The van der Waals surface area contributed by atoms with Gasteiger partial charge in [0.2, 0.25) is 0 Å². The van der Waals surface area contributed by atoms with E-state index in [1.165, 1.54) is 83.9 Å². The first kappa shape index (κ1) is 30.2. The van der Waals surface area contributed by atoms with Gasteiger partial charge in [0.1, 0.15) is 0 Å². The van der Waals surface area contributed by atoms with Crippen molar-refractivity contribution in [1.82, 2.24) is 0 Å². The zero-order valence-electron chi connectivity index (χ0n) is 25.9. The highest BCUT2D eigenvalue weighted by molar-refractivity contribution is 5.84. The molecule has 3 aromatic rings. The minimum absolute atomic E-state index is 0.609. The Labute approximate surface area is 235 Å². The normalized spacial score (nSPS) is 12.2. The monoisotopic (exact) mass is 510 g/mol. The van der Waals surface area contributed by atoms with Crippen molar-refractivity contribution in [2.75, 3.05) is 0 Å². The average molecular weight is 511 g/mol. The second-order valence-electron chi connectivity index (χ2n) is 11.5. The van der Waals surface area contributed by atoms with E-state index in [0.29, 0.717) is 5.92 Å². The summed E-state index contributed by atoms with van der Waals surface area (Å²) in [6, 6.07) is 17.3. The summed E-state index contributed by atoms with van der Waals surface area (Å²) in [5, 5.41) is 0. The molecule has 1 atom stereocenters. The van der Waals surface area contributed by atoms with E-state index < -0.39 is 0 Å². The number of aryl methyl sites for hydroxylation is 5. The van der Waals surface area contributed by atoms with Crippen molar-refractivity contribution in [3.63, 3.8) is 0 Å². The van der Waals surface area contributed by atoms with E-state index in [4.69, 9.17) is 0 Å². The molecule has 0 aliphatic carbocycles. The van der Waals surface area contributed by atoms with Crippen LogP contribution in [0.3, 0.4) is 0 Å². The lowest BCUT2D eigenvalue weighted by Crippen LogP contribution is -2.04. The van der Waals surface area contributed by atoms with Crippen LogP contribution >= 0.6 is 0 Å². The van der Waals surface area contributed by atoms with Crippen LogP contribution in [0.2, 0.25) is 0 Å².